The average molecular weight is 395 g/mol. The van der Waals surface area contributed by atoms with Gasteiger partial charge in [-0.05, 0) is 50.2 Å². The summed E-state index contributed by atoms with van der Waals surface area (Å²) in [4.78, 5) is 25.6. The van der Waals surface area contributed by atoms with E-state index in [2.05, 4.69) is 9.47 Å². The van der Waals surface area contributed by atoms with Crippen molar-refractivity contribution in [3.05, 3.63) is 42.0 Å². The smallest absolute Gasteiger partial charge is 0.341 e. The Morgan fingerprint density at radius 2 is 1.66 bits per heavy atom. The van der Waals surface area contributed by atoms with Crippen LogP contribution in [0.1, 0.15) is 29.6 Å². The first-order valence-electron chi connectivity index (χ1n) is 9.97. The molecule has 1 aliphatic rings. The third-order valence-electron chi connectivity index (χ3n) is 5.58. The van der Waals surface area contributed by atoms with E-state index in [1.54, 1.807) is 12.1 Å². The van der Waals surface area contributed by atoms with E-state index in [9.17, 15) is 9.59 Å². The monoisotopic (exact) mass is 395 g/mol. The Morgan fingerprint density at radius 1 is 0.966 bits per heavy atom. The molecule has 2 aromatic carbocycles. The van der Waals surface area contributed by atoms with Crippen molar-refractivity contribution >= 4 is 33.7 Å². The van der Waals surface area contributed by atoms with Gasteiger partial charge in [0, 0.05) is 24.0 Å². The number of primary amides is 1. The van der Waals surface area contributed by atoms with Crippen LogP contribution in [0.15, 0.2) is 36.4 Å². The first kappa shape index (κ1) is 19.3. The Morgan fingerprint density at radius 3 is 2.34 bits per heavy atom. The van der Waals surface area contributed by atoms with Crippen molar-refractivity contribution in [1.82, 2.24) is 9.47 Å². The Bertz CT molecular complexity index is 1070. The lowest BCUT2D eigenvalue weighted by Gasteiger charge is -2.26. The molecule has 29 heavy (non-hydrogen) atoms. The van der Waals surface area contributed by atoms with Gasteiger partial charge in [0.05, 0.1) is 16.4 Å². The summed E-state index contributed by atoms with van der Waals surface area (Å²) in [5, 5.41) is 10.5. The van der Waals surface area contributed by atoms with Crippen molar-refractivity contribution in [2.45, 2.75) is 25.8 Å². The maximum Gasteiger partial charge on any atom is 0.341 e. The number of piperidine rings is 1. The van der Waals surface area contributed by atoms with Gasteiger partial charge in [0.1, 0.15) is 5.75 Å². The lowest BCUT2D eigenvalue weighted by atomic mass is 10.1. The van der Waals surface area contributed by atoms with E-state index >= 15 is 0 Å². The van der Waals surface area contributed by atoms with E-state index in [1.165, 1.54) is 19.3 Å². The molecule has 1 fully saturated rings. The van der Waals surface area contributed by atoms with Crippen molar-refractivity contribution in [2.24, 2.45) is 5.73 Å². The van der Waals surface area contributed by atoms with Gasteiger partial charge in [-0.3, -0.25) is 4.79 Å². The molecule has 0 saturated carbocycles. The van der Waals surface area contributed by atoms with Crippen molar-refractivity contribution in [1.29, 1.82) is 0 Å². The summed E-state index contributed by atoms with van der Waals surface area (Å²) in [7, 11) is 0. The summed E-state index contributed by atoms with van der Waals surface area (Å²) in [6.07, 6.45) is 3.75. The zero-order chi connectivity index (χ0) is 20.4. The van der Waals surface area contributed by atoms with Crippen molar-refractivity contribution < 1.29 is 19.4 Å². The zero-order valence-corrected chi connectivity index (χ0v) is 16.3. The second-order valence-corrected chi connectivity index (χ2v) is 7.45. The fourth-order valence-corrected chi connectivity index (χ4v) is 4.28. The number of benzene rings is 2. The largest absolute Gasteiger partial charge is 0.481 e. The van der Waals surface area contributed by atoms with E-state index < -0.39 is 18.5 Å². The van der Waals surface area contributed by atoms with Gasteiger partial charge in [0.2, 0.25) is 5.91 Å². The molecule has 152 valence electrons. The number of aliphatic carboxylic acids is 1. The van der Waals surface area contributed by atoms with Gasteiger partial charge < -0.3 is 25.0 Å². The van der Waals surface area contributed by atoms with Crippen LogP contribution in [0.5, 0.6) is 5.75 Å². The number of nitrogens with two attached hydrogens (primary N) is 1. The number of carbonyl (C=O) groups excluding carboxylic acids is 1. The van der Waals surface area contributed by atoms with Gasteiger partial charge in [-0.15, -0.1) is 0 Å². The van der Waals surface area contributed by atoms with Crippen LogP contribution in [0.2, 0.25) is 0 Å². The predicted octanol–water partition coefficient (Wildman–Crippen LogP) is 2.84. The highest BCUT2D eigenvalue weighted by atomic mass is 16.5. The number of carboxylic acids is 1. The van der Waals surface area contributed by atoms with Crippen LogP contribution in [0.4, 0.5) is 0 Å². The molecule has 7 heteroatoms. The number of hydrogen-bond donors (Lipinski definition) is 2. The molecule has 1 amide bonds. The summed E-state index contributed by atoms with van der Waals surface area (Å²) in [6, 6.07) is 11.1. The van der Waals surface area contributed by atoms with E-state index in [0.29, 0.717) is 11.3 Å². The van der Waals surface area contributed by atoms with E-state index in [4.69, 9.17) is 15.6 Å². The molecule has 1 aromatic heterocycles. The number of likely N-dealkylation sites (tertiary alicyclic amines) is 1. The van der Waals surface area contributed by atoms with Gasteiger partial charge in [0.15, 0.2) is 6.61 Å². The minimum Gasteiger partial charge on any atom is -0.481 e. The molecule has 0 spiro atoms. The van der Waals surface area contributed by atoms with Crippen molar-refractivity contribution in [2.75, 3.05) is 26.2 Å². The van der Waals surface area contributed by atoms with Crippen LogP contribution in [0.25, 0.3) is 21.8 Å². The molecule has 0 atom stereocenters. The first-order valence-corrected chi connectivity index (χ1v) is 9.97. The average Bonchev–Trinajstić information content (AvgIpc) is 3.05. The number of aromatic nitrogens is 1. The molecule has 4 rings (SSSR count). The summed E-state index contributed by atoms with van der Waals surface area (Å²) in [6.45, 7) is 3.45. The summed E-state index contributed by atoms with van der Waals surface area (Å²) >= 11 is 0. The first-order chi connectivity index (χ1) is 14.1. The molecule has 0 radical (unpaired) electrons. The molecule has 2 heterocycles. The van der Waals surface area contributed by atoms with Gasteiger partial charge in [-0.25, -0.2) is 4.79 Å². The topological polar surface area (TPSA) is 97.8 Å². The second-order valence-electron chi connectivity index (χ2n) is 7.45. The highest BCUT2D eigenvalue weighted by Gasteiger charge is 2.20. The van der Waals surface area contributed by atoms with Gasteiger partial charge >= 0.3 is 5.97 Å². The van der Waals surface area contributed by atoms with Crippen LogP contribution in [-0.4, -0.2) is 52.7 Å². The SMILES string of the molecule is NC(=O)c1cccc2c1c1c(OCC(=O)O)cccc1n2CCN1CCCCC1. The number of nitrogens with zero attached hydrogens (tertiary/aromatic N) is 2. The van der Waals surface area contributed by atoms with Crippen molar-refractivity contribution in [3.8, 4) is 5.75 Å². The lowest BCUT2D eigenvalue weighted by Crippen LogP contribution is -2.32. The van der Waals surface area contributed by atoms with E-state index in [-0.39, 0.29) is 0 Å². The summed E-state index contributed by atoms with van der Waals surface area (Å²) < 4.78 is 7.74. The molecular weight excluding hydrogens is 370 g/mol. The maximum absolute atomic E-state index is 12.1. The third-order valence-corrected chi connectivity index (χ3v) is 5.58. The molecule has 1 saturated heterocycles. The molecule has 3 N–H and O–H groups in total. The zero-order valence-electron chi connectivity index (χ0n) is 16.3. The fraction of sp³-hybridized carbons (Fsp3) is 0.364. The van der Waals surface area contributed by atoms with Crippen LogP contribution in [0, 0.1) is 0 Å². The molecule has 1 aliphatic heterocycles. The molecule has 3 aromatic rings. The fourth-order valence-electron chi connectivity index (χ4n) is 4.28. The Balaban J connectivity index is 1.85. The number of carbonyl (C=O) groups is 2. The molecule has 0 unspecified atom stereocenters. The minimum absolute atomic E-state index is 0.413. The normalized spacial score (nSPS) is 15.0. The molecule has 7 nitrogen and oxygen atoms in total. The van der Waals surface area contributed by atoms with Crippen LogP contribution < -0.4 is 10.5 Å². The van der Waals surface area contributed by atoms with E-state index in [0.717, 1.165) is 48.0 Å². The lowest BCUT2D eigenvalue weighted by molar-refractivity contribution is -0.139. The highest BCUT2D eigenvalue weighted by Crippen LogP contribution is 2.37. The number of amides is 1. The third kappa shape index (κ3) is 3.78. The molecule has 0 bridgehead atoms. The van der Waals surface area contributed by atoms with Gasteiger partial charge in [0.25, 0.3) is 0 Å². The summed E-state index contributed by atoms with van der Waals surface area (Å²) in [5.74, 6) is -1.12. The Hall–Kier alpha value is -3.06. The van der Waals surface area contributed by atoms with Crippen LogP contribution in [-0.2, 0) is 11.3 Å². The number of fused-ring (bicyclic) bond motifs is 3. The van der Waals surface area contributed by atoms with Crippen LogP contribution in [0.3, 0.4) is 0 Å². The number of ether oxygens (including phenoxy) is 1. The van der Waals surface area contributed by atoms with Gasteiger partial charge in [-0.2, -0.15) is 0 Å². The van der Waals surface area contributed by atoms with Gasteiger partial charge in [-0.1, -0.05) is 18.6 Å². The predicted molar refractivity (Wildman–Crippen MR) is 111 cm³/mol. The maximum atomic E-state index is 12.1. The standard InChI is InChI=1S/C22H25N3O4/c23-22(28)15-6-4-7-16-20(15)21-17(8-5-9-18(21)29-14-19(26)27)25(16)13-12-24-10-2-1-3-11-24/h4-9H,1-3,10-14H2,(H2,23,28)(H,26,27). The minimum atomic E-state index is -1.05. The quantitative estimate of drug-likeness (QED) is 0.641. The Labute approximate surface area is 168 Å². The van der Waals surface area contributed by atoms with Crippen molar-refractivity contribution in [3.63, 3.8) is 0 Å². The number of rotatable bonds is 7. The highest BCUT2D eigenvalue weighted by molar-refractivity contribution is 6.19. The molecule has 0 aliphatic carbocycles. The number of carboxylic acid groups (broad SMARTS) is 1. The van der Waals surface area contributed by atoms with E-state index in [1.807, 2.05) is 24.3 Å². The van der Waals surface area contributed by atoms with Crippen LogP contribution >= 0.6 is 0 Å². The Kier molecular flexibility index (Phi) is 5.40. The summed E-state index contributed by atoms with van der Waals surface area (Å²) in [5.41, 5.74) is 7.88. The number of hydrogen-bond acceptors (Lipinski definition) is 4. The second kappa shape index (κ2) is 8.13. The molecular formula is C22H25N3O4.